The number of rotatable bonds is 5. The molecule has 0 radical (unpaired) electrons. The topological polar surface area (TPSA) is 68.5 Å². The third kappa shape index (κ3) is 4.58. The summed E-state index contributed by atoms with van der Waals surface area (Å²) in [6.45, 7) is 0.717. The fourth-order valence-electron chi connectivity index (χ4n) is 4.54. The monoisotopic (exact) mass is 397 g/mol. The van der Waals surface area contributed by atoms with Crippen molar-refractivity contribution in [2.45, 2.75) is 57.0 Å². The van der Waals surface area contributed by atoms with Crippen molar-refractivity contribution in [2.24, 2.45) is 11.7 Å². The summed E-state index contributed by atoms with van der Waals surface area (Å²) >= 11 is 0. The molecule has 1 aromatic carbocycles. The average Bonchev–Trinajstić information content (AvgIpc) is 3.25. The van der Waals surface area contributed by atoms with Crippen LogP contribution >= 0.6 is 0 Å². The SMILES string of the molecule is N[C@H](C(=O)N1CCCC1c1cc(Oc2ccc(F)cc2)ccn1)C1CCCCC1. The van der Waals surface area contributed by atoms with Crippen LogP contribution < -0.4 is 10.5 Å². The quantitative estimate of drug-likeness (QED) is 0.802. The van der Waals surface area contributed by atoms with Gasteiger partial charge in [0.05, 0.1) is 17.8 Å². The van der Waals surface area contributed by atoms with Gasteiger partial charge in [0.1, 0.15) is 17.3 Å². The summed E-state index contributed by atoms with van der Waals surface area (Å²) in [6, 6.07) is 9.04. The molecule has 2 aromatic rings. The van der Waals surface area contributed by atoms with E-state index < -0.39 is 6.04 Å². The van der Waals surface area contributed by atoms with E-state index in [1.807, 2.05) is 11.0 Å². The van der Waals surface area contributed by atoms with Crippen molar-refractivity contribution < 1.29 is 13.9 Å². The highest BCUT2D eigenvalue weighted by atomic mass is 19.1. The summed E-state index contributed by atoms with van der Waals surface area (Å²) in [5.74, 6) is 1.21. The van der Waals surface area contributed by atoms with E-state index in [9.17, 15) is 9.18 Å². The Hall–Kier alpha value is -2.47. The summed E-state index contributed by atoms with van der Waals surface area (Å²) in [5, 5.41) is 0. The van der Waals surface area contributed by atoms with Crippen LogP contribution in [0, 0.1) is 11.7 Å². The highest BCUT2D eigenvalue weighted by Gasteiger charge is 2.36. The largest absolute Gasteiger partial charge is 0.457 e. The van der Waals surface area contributed by atoms with Crippen LogP contribution in [0.15, 0.2) is 42.6 Å². The van der Waals surface area contributed by atoms with Crippen LogP contribution in [0.4, 0.5) is 4.39 Å². The Morgan fingerprint density at radius 1 is 1.07 bits per heavy atom. The molecular weight excluding hydrogens is 369 g/mol. The third-order valence-electron chi connectivity index (χ3n) is 6.12. The maximum atomic E-state index is 13.1. The van der Waals surface area contributed by atoms with Crippen molar-refractivity contribution in [3.63, 3.8) is 0 Å². The van der Waals surface area contributed by atoms with Gasteiger partial charge in [0.2, 0.25) is 5.91 Å². The molecule has 154 valence electrons. The molecule has 1 amide bonds. The Bertz CT molecular complexity index is 836. The lowest BCUT2D eigenvalue weighted by molar-refractivity contribution is -0.135. The van der Waals surface area contributed by atoms with Gasteiger partial charge in [0, 0.05) is 18.8 Å². The highest BCUT2D eigenvalue weighted by molar-refractivity contribution is 5.82. The fourth-order valence-corrected chi connectivity index (χ4v) is 4.54. The number of amides is 1. The highest BCUT2D eigenvalue weighted by Crippen LogP contribution is 2.35. The van der Waals surface area contributed by atoms with Gasteiger partial charge in [-0.1, -0.05) is 19.3 Å². The van der Waals surface area contributed by atoms with Crippen molar-refractivity contribution in [3.05, 3.63) is 54.1 Å². The summed E-state index contributed by atoms with van der Waals surface area (Å²) in [4.78, 5) is 19.6. The summed E-state index contributed by atoms with van der Waals surface area (Å²) in [6.07, 6.45) is 9.17. The second-order valence-corrected chi connectivity index (χ2v) is 8.09. The van der Waals surface area contributed by atoms with Crippen LogP contribution in [-0.2, 0) is 4.79 Å². The number of hydrogen-bond acceptors (Lipinski definition) is 4. The van der Waals surface area contributed by atoms with Gasteiger partial charge in [-0.15, -0.1) is 0 Å². The van der Waals surface area contributed by atoms with E-state index in [0.29, 0.717) is 24.0 Å². The molecule has 4 rings (SSSR count). The number of carbonyl (C=O) groups is 1. The third-order valence-corrected chi connectivity index (χ3v) is 6.12. The molecule has 1 saturated carbocycles. The van der Waals surface area contributed by atoms with Crippen molar-refractivity contribution in [1.29, 1.82) is 0 Å². The first-order valence-corrected chi connectivity index (χ1v) is 10.6. The normalized spacial score (nSPS) is 21.2. The Kier molecular flexibility index (Phi) is 6.09. The lowest BCUT2D eigenvalue weighted by atomic mass is 9.83. The van der Waals surface area contributed by atoms with Gasteiger partial charge in [-0.3, -0.25) is 9.78 Å². The molecule has 5 nitrogen and oxygen atoms in total. The average molecular weight is 397 g/mol. The Labute approximate surface area is 171 Å². The lowest BCUT2D eigenvalue weighted by Gasteiger charge is -2.32. The molecule has 2 fully saturated rings. The van der Waals surface area contributed by atoms with E-state index in [0.717, 1.165) is 31.4 Å². The number of aromatic nitrogens is 1. The Morgan fingerprint density at radius 2 is 1.83 bits per heavy atom. The Morgan fingerprint density at radius 3 is 2.59 bits per heavy atom. The predicted molar refractivity (Wildman–Crippen MR) is 109 cm³/mol. The zero-order valence-corrected chi connectivity index (χ0v) is 16.6. The lowest BCUT2D eigenvalue weighted by Crippen LogP contribution is -2.48. The maximum absolute atomic E-state index is 13.1. The molecular formula is C23H28FN3O2. The van der Waals surface area contributed by atoms with Crippen molar-refractivity contribution in [3.8, 4) is 11.5 Å². The smallest absolute Gasteiger partial charge is 0.240 e. The number of nitrogens with two attached hydrogens (primary N) is 1. The first kappa shape index (κ1) is 19.8. The molecule has 29 heavy (non-hydrogen) atoms. The van der Waals surface area contributed by atoms with Gasteiger partial charge in [-0.05, 0) is 61.9 Å². The van der Waals surface area contributed by atoms with Crippen LogP contribution in [0.3, 0.4) is 0 Å². The minimum Gasteiger partial charge on any atom is -0.457 e. The number of halogens is 1. The molecule has 0 spiro atoms. The number of benzene rings is 1. The van der Waals surface area contributed by atoms with E-state index in [-0.39, 0.29) is 17.8 Å². The minimum absolute atomic E-state index is 0.0473. The standard InChI is InChI=1S/C23H28FN3O2/c24-17-8-10-18(11-9-17)29-19-12-13-26-20(15-19)21-7-4-14-27(21)23(28)22(25)16-5-2-1-3-6-16/h8-13,15-16,21-22H,1-7,14,25H2/t21?,22-/m0/s1. The van der Waals surface area contributed by atoms with Crippen LogP contribution in [0.25, 0.3) is 0 Å². The second-order valence-electron chi connectivity index (χ2n) is 8.09. The molecule has 2 atom stereocenters. The van der Waals surface area contributed by atoms with Gasteiger partial charge >= 0.3 is 0 Å². The molecule has 1 unspecified atom stereocenters. The van der Waals surface area contributed by atoms with E-state index in [1.54, 1.807) is 24.4 Å². The molecule has 1 aliphatic heterocycles. The van der Waals surface area contributed by atoms with E-state index in [4.69, 9.17) is 10.5 Å². The first-order valence-electron chi connectivity index (χ1n) is 10.6. The molecule has 1 aliphatic carbocycles. The van der Waals surface area contributed by atoms with E-state index >= 15 is 0 Å². The van der Waals surface area contributed by atoms with Crippen molar-refractivity contribution >= 4 is 5.91 Å². The minimum atomic E-state index is -0.422. The number of likely N-dealkylation sites (tertiary alicyclic amines) is 1. The number of pyridine rings is 1. The van der Waals surface area contributed by atoms with Crippen molar-refractivity contribution in [2.75, 3.05) is 6.54 Å². The number of ether oxygens (including phenoxy) is 1. The summed E-state index contributed by atoms with van der Waals surface area (Å²) < 4.78 is 18.9. The van der Waals surface area contributed by atoms with Crippen LogP contribution in [0.5, 0.6) is 11.5 Å². The van der Waals surface area contributed by atoms with Gasteiger partial charge in [0.15, 0.2) is 0 Å². The molecule has 1 saturated heterocycles. The number of hydrogen-bond donors (Lipinski definition) is 1. The van der Waals surface area contributed by atoms with E-state index in [2.05, 4.69) is 4.98 Å². The molecule has 6 heteroatoms. The summed E-state index contributed by atoms with van der Waals surface area (Å²) in [5.41, 5.74) is 7.20. The number of carbonyl (C=O) groups excluding carboxylic acids is 1. The Balaban J connectivity index is 1.48. The zero-order valence-electron chi connectivity index (χ0n) is 16.6. The van der Waals surface area contributed by atoms with Crippen LogP contribution in [0.2, 0.25) is 0 Å². The maximum Gasteiger partial charge on any atom is 0.240 e. The molecule has 0 bridgehead atoms. The van der Waals surface area contributed by atoms with Crippen LogP contribution in [-0.4, -0.2) is 28.4 Å². The molecule has 1 aromatic heterocycles. The van der Waals surface area contributed by atoms with Gasteiger partial charge in [0.25, 0.3) is 0 Å². The predicted octanol–water partition coefficient (Wildman–Crippen LogP) is 4.58. The zero-order chi connectivity index (χ0) is 20.2. The molecule has 2 heterocycles. The van der Waals surface area contributed by atoms with Gasteiger partial charge in [-0.2, -0.15) is 0 Å². The number of nitrogens with zero attached hydrogens (tertiary/aromatic N) is 2. The molecule has 2 N–H and O–H groups in total. The van der Waals surface area contributed by atoms with Gasteiger partial charge < -0.3 is 15.4 Å². The van der Waals surface area contributed by atoms with E-state index in [1.165, 1.54) is 31.4 Å². The summed E-state index contributed by atoms with van der Waals surface area (Å²) in [7, 11) is 0. The van der Waals surface area contributed by atoms with Crippen molar-refractivity contribution in [1.82, 2.24) is 9.88 Å². The first-order chi connectivity index (χ1) is 14.1. The van der Waals surface area contributed by atoms with Gasteiger partial charge in [-0.25, -0.2) is 4.39 Å². The fraction of sp³-hybridized carbons (Fsp3) is 0.478. The second kappa shape index (κ2) is 8.91. The molecule has 2 aliphatic rings. The van der Waals surface area contributed by atoms with Crippen LogP contribution in [0.1, 0.15) is 56.7 Å².